The van der Waals surface area contributed by atoms with Gasteiger partial charge in [0.1, 0.15) is 0 Å². The van der Waals surface area contributed by atoms with Crippen molar-refractivity contribution in [3.05, 3.63) is 0 Å². The average molecular weight is 250 g/mol. The highest BCUT2D eigenvalue weighted by Crippen LogP contribution is 2.66. The lowest BCUT2D eigenvalue weighted by atomic mass is 10.1. The lowest BCUT2D eigenvalue weighted by Crippen LogP contribution is -2.46. The predicted octanol–water partition coefficient (Wildman–Crippen LogP) is 2.12. The number of rotatable bonds is 5. The first-order chi connectivity index (χ1) is 7.23. The average Bonchev–Trinajstić information content (AvgIpc) is 2.94. The molecule has 0 heterocycles. The highest BCUT2D eigenvalue weighted by molar-refractivity contribution is 8.24. The Balaban J connectivity index is 2.56. The van der Waals surface area contributed by atoms with Gasteiger partial charge in [-0.05, 0) is 18.8 Å². The van der Waals surface area contributed by atoms with Crippen molar-refractivity contribution in [1.82, 2.24) is 10.3 Å². The van der Waals surface area contributed by atoms with Crippen molar-refractivity contribution >= 4 is 16.7 Å². The fourth-order valence-corrected chi connectivity index (χ4v) is 3.46. The van der Waals surface area contributed by atoms with E-state index in [1.165, 1.54) is 0 Å². The highest BCUT2D eigenvalue weighted by Gasteiger charge is 2.56. The smallest absolute Gasteiger partial charge is 0.237 e. The Labute approximate surface area is 98.5 Å². The monoisotopic (exact) mass is 250 g/mol. The van der Waals surface area contributed by atoms with E-state index in [4.69, 9.17) is 0 Å². The summed E-state index contributed by atoms with van der Waals surface area (Å²) < 4.78 is 19.6. The van der Waals surface area contributed by atoms with Crippen LogP contribution >= 0.6 is 10.8 Å². The van der Waals surface area contributed by atoms with E-state index in [1.807, 2.05) is 13.8 Å². The quantitative estimate of drug-likeness (QED) is 0.563. The largest absolute Gasteiger partial charge is 0.284 e. The molecule has 5 nitrogen and oxygen atoms in total. The molecule has 0 atom stereocenters. The van der Waals surface area contributed by atoms with E-state index in [2.05, 4.69) is 10.3 Å². The van der Waals surface area contributed by atoms with Crippen LogP contribution in [-0.4, -0.2) is 19.8 Å². The van der Waals surface area contributed by atoms with Crippen LogP contribution in [0.2, 0.25) is 0 Å². The van der Waals surface area contributed by atoms with Gasteiger partial charge in [0, 0.05) is 5.92 Å². The maximum atomic E-state index is 11.3. The highest BCUT2D eigenvalue weighted by atomic mass is 32.3. The van der Waals surface area contributed by atoms with Crippen LogP contribution in [-0.2, 0) is 4.79 Å². The first kappa shape index (κ1) is 13.8. The summed E-state index contributed by atoms with van der Waals surface area (Å²) in [5, 5.41) is 0. The summed E-state index contributed by atoms with van der Waals surface area (Å²) in [7, 11) is -2.96. The molecule has 1 saturated carbocycles. The molecule has 0 spiro atoms. The summed E-state index contributed by atoms with van der Waals surface area (Å²) in [5.41, 5.74) is 2.37. The van der Waals surface area contributed by atoms with Crippen LogP contribution in [0.5, 0.6) is 0 Å². The van der Waals surface area contributed by atoms with Gasteiger partial charge in [-0.25, -0.2) is 0 Å². The first-order valence-electron chi connectivity index (χ1n) is 5.57. The van der Waals surface area contributed by atoms with Crippen LogP contribution in [0.15, 0.2) is 0 Å². The SMILES string of the molecule is CC(C)C(=O)NNS(O)(O)C1(C(C)C)CC1. The Kier molecular flexibility index (Phi) is 3.89. The van der Waals surface area contributed by atoms with Gasteiger partial charge in [0.05, 0.1) is 4.75 Å². The predicted molar refractivity (Wildman–Crippen MR) is 65.8 cm³/mol. The summed E-state index contributed by atoms with van der Waals surface area (Å²) >= 11 is 0. The molecule has 0 bridgehead atoms. The number of carbonyl (C=O) groups excluding carboxylic acids is 1. The van der Waals surface area contributed by atoms with Gasteiger partial charge in [0.15, 0.2) is 0 Å². The van der Waals surface area contributed by atoms with Gasteiger partial charge < -0.3 is 0 Å². The Bertz CT molecular complexity index is 275. The summed E-state index contributed by atoms with van der Waals surface area (Å²) in [6.07, 6.45) is 1.58. The number of nitrogens with one attached hydrogen (secondary N) is 2. The van der Waals surface area contributed by atoms with E-state index in [0.717, 1.165) is 12.8 Å². The fraction of sp³-hybridized carbons (Fsp3) is 0.900. The molecule has 1 aliphatic carbocycles. The van der Waals surface area contributed by atoms with Crippen molar-refractivity contribution in [2.24, 2.45) is 11.8 Å². The molecule has 0 aromatic heterocycles. The normalized spacial score (nSPS) is 20.0. The van der Waals surface area contributed by atoms with E-state index < -0.39 is 15.5 Å². The summed E-state index contributed by atoms with van der Waals surface area (Å²) in [6.45, 7) is 7.43. The number of carbonyl (C=O) groups is 1. The lowest BCUT2D eigenvalue weighted by molar-refractivity contribution is -0.124. The molecule has 1 fully saturated rings. The van der Waals surface area contributed by atoms with Crippen LogP contribution in [0.4, 0.5) is 0 Å². The lowest BCUT2D eigenvalue weighted by Gasteiger charge is -2.43. The zero-order valence-electron chi connectivity index (χ0n) is 10.3. The molecule has 0 aromatic carbocycles. The summed E-state index contributed by atoms with van der Waals surface area (Å²) in [5.74, 6) is -0.239. The zero-order chi connectivity index (χ0) is 12.6. The molecule has 1 aliphatic rings. The first-order valence-corrected chi connectivity index (χ1v) is 7.12. The van der Waals surface area contributed by atoms with Crippen molar-refractivity contribution < 1.29 is 13.9 Å². The molecule has 4 N–H and O–H groups in total. The van der Waals surface area contributed by atoms with E-state index in [9.17, 15) is 13.9 Å². The standard InChI is InChI=1S/C10H22N2O3S/c1-7(2)9(13)11-12-16(14,15)10(5-6-10)8(3)4/h7-8,12,14-15H,5-6H2,1-4H3,(H,11,13). The second-order valence-electron chi connectivity index (χ2n) is 5.01. The molecule has 1 amide bonds. The van der Waals surface area contributed by atoms with E-state index in [1.54, 1.807) is 13.8 Å². The van der Waals surface area contributed by atoms with Crippen molar-refractivity contribution in [2.75, 3.05) is 0 Å². The maximum Gasteiger partial charge on any atom is 0.237 e. The van der Waals surface area contributed by atoms with Crippen LogP contribution < -0.4 is 10.3 Å². The maximum absolute atomic E-state index is 11.3. The Morgan fingerprint density at radius 3 is 2.06 bits per heavy atom. The van der Waals surface area contributed by atoms with Gasteiger partial charge >= 0.3 is 0 Å². The van der Waals surface area contributed by atoms with Crippen molar-refractivity contribution in [1.29, 1.82) is 0 Å². The van der Waals surface area contributed by atoms with E-state index in [0.29, 0.717) is 0 Å². The minimum atomic E-state index is -2.96. The minimum absolute atomic E-state index is 0.181. The Morgan fingerprint density at radius 2 is 1.75 bits per heavy atom. The van der Waals surface area contributed by atoms with Crippen molar-refractivity contribution in [3.63, 3.8) is 0 Å². The number of hydrogen-bond acceptors (Lipinski definition) is 4. The molecular weight excluding hydrogens is 228 g/mol. The summed E-state index contributed by atoms with van der Waals surface area (Å²) in [6, 6.07) is 0. The molecule has 96 valence electrons. The molecule has 6 heteroatoms. The molecular formula is C10H22N2O3S. The molecule has 0 saturated heterocycles. The fourth-order valence-electron chi connectivity index (χ4n) is 1.68. The third kappa shape index (κ3) is 2.51. The second kappa shape index (κ2) is 4.52. The second-order valence-corrected chi connectivity index (χ2v) is 7.13. The Hall–Kier alpha value is -0.300. The van der Waals surface area contributed by atoms with Crippen molar-refractivity contribution in [2.45, 2.75) is 45.3 Å². The number of amides is 1. The molecule has 0 radical (unpaired) electrons. The zero-order valence-corrected chi connectivity index (χ0v) is 11.1. The Morgan fingerprint density at radius 1 is 1.25 bits per heavy atom. The molecule has 0 aromatic rings. The molecule has 0 aliphatic heterocycles. The van der Waals surface area contributed by atoms with Crippen LogP contribution in [0.3, 0.4) is 0 Å². The van der Waals surface area contributed by atoms with Crippen LogP contribution in [0.25, 0.3) is 0 Å². The number of hydrazine groups is 1. The van der Waals surface area contributed by atoms with Gasteiger partial charge in [0.25, 0.3) is 0 Å². The van der Waals surface area contributed by atoms with Crippen LogP contribution in [0.1, 0.15) is 40.5 Å². The minimum Gasteiger partial charge on any atom is -0.284 e. The van der Waals surface area contributed by atoms with Gasteiger partial charge in [0.2, 0.25) is 5.91 Å². The van der Waals surface area contributed by atoms with Gasteiger partial charge in [-0.2, -0.15) is 0 Å². The van der Waals surface area contributed by atoms with E-state index >= 15 is 0 Å². The molecule has 0 unspecified atom stereocenters. The van der Waals surface area contributed by atoms with Gasteiger partial charge in [-0.15, -0.1) is 15.6 Å². The third-order valence-electron chi connectivity index (χ3n) is 3.20. The topological polar surface area (TPSA) is 81.6 Å². The van der Waals surface area contributed by atoms with Gasteiger partial charge in [-0.1, -0.05) is 27.7 Å². The summed E-state index contributed by atoms with van der Waals surface area (Å²) in [4.78, 5) is 13.7. The third-order valence-corrected chi connectivity index (χ3v) is 5.60. The van der Waals surface area contributed by atoms with Crippen molar-refractivity contribution in [3.8, 4) is 0 Å². The van der Waals surface area contributed by atoms with Crippen LogP contribution in [0, 0.1) is 11.8 Å². The molecule has 1 rings (SSSR count). The molecule has 16 heavy (non-hydrogen) atoms. The van der Waals surface area contributed by atoms with E-state index in [-0.39, 0.29) is 17.7 Å². The number of hydrogen-bond donors (Lipinski definition) is 4. The van der Waals surface area contributed by atoms with Gasteiger partial charge in [-0.3, -0.25) is 19.3 Å².